The first kappa shape index (κ1) is 16.0. The molecule has 1 aliphatic rings. The zero-order valence-electron chi connectivity index (χ0n) is 13.8. The third-order valence-electron chi connectivity index (χ3n) is 3.98. The minimum Gasteiger partial charge on any atom is -0.462 e. The van der Waals surface area contributed by atoms with Crippen LogP contribution < -0.4 is 0 Å². The van der Waals surface area contributed by atoms with Crippen LogP contribution >= 0.6 is 0 Å². The summed E-state index contributed by atoms with van der Waals surface area (Å²) in [7, 11) is 0. The number of pyridine rings is 1. The highest BCUT2D eigenvalue weighted by atomic mass is 16.5. The van der Waals surface area contributed by atoms with Crippen LogP contribution in [-0.2, 0) is 16.1 Å². The van der Waals surface area contributed by atoms with Gasteiger partial charge in [0.15, 0.2) is 0 Å². The summed E-state index contributed by atoms with van der Waals surface area (Å²) in [5.41, 5.74) is 2.07. The Morgan fingerprint density at radius 3 is 2.65 bits per heavy atom. The molecule has 0 saturated carbocycles. The Morgan fingerprint density at radius 2 is 1.96 bits per heavy atom. The molecule has 1 aliphatic heterocycles. The molecule has 0 amide bonds. The van der Waals surface area contributed by atoms with Crippen LogP contribution in [0, 0.1) is 0 Å². The standard InChI is InChI=1S/C17H24N4O2/c1-14(2)23-17(22)13-20-9-7-19(8-10-20)11-15-12-21-6-4-3-5-16(21)18-15/h3-6,12,14H,7-11,13H2,1-2H3. The van der Waals surface area contributed by atoms with Gasteiger partial charge in [0.1, 0.15) is 5.65 Å². The molecule has 0 bridgehead atoms. The Balaban J connectivity index is 1.48. The highest BCUT2D eigenvalue weighted by molar-refractivity contribution is 5.71. The van der Waals surface area contributed by atoms with Crippen LogP contribution in [0.1, 0.15) is 19.5 Å². The molecule has 0 unspecified atom stereocenters. The van der Waals surface area contributed by atoms with Crippen molar-refractivity contribution < 1.29 is 9.53 Å². The van der Waals surface area contributed by atoms with E-state index in [4.69, 9.17) is 4.74 Å². The second-order valence-corrected chi connectivity index (χ2v) is 6.29. The van der Waals surface area contributed by atoms with Gasteiger partial charge in [-0.2, -0.15) is 0 Å². The Morgan fingerprint density at radius 1 is 1.22 bits per heavy atom. The third kappa shape index (κ3) is 4.30. The van der Waals surface area contributed by atoms with E-state index in [1.807, 2.05) is 42.6 Å². The monoisotopic (exact) mass is 316 g/mol. The number of aromatic nitrogens is 2. The smallest absolute Gasteiger partial charge is 0.320 e. The largest absolute Gasteiger partial charge is 0.462 e. The summed E-state index contributed by atoms with van der Waals surface area (Å²) >= 11 is 0. The molecule has 0 N–H and O–H groups in total. The molecule has 0 aliphatic carbocycles. The number of rotatable bonds is 5. The van der Waals surface area contributed by atoms with Gasteiger partial charge in [-0.25, -0.2) is 4.98 Å². The van der Waals surface area contributed by atoms with E-state index in [1.165, 1.54) is 0 Å². The van der Waals surface area contributed by atoms with Gasteiger partial charge in [-0.05, 0) is 26.0 Å². The minimum absolute atomic E-state index is 0.0427. The van der Waals surface area contributed by atoms with Gasteiger partial charge >= 0.3 is 5.97 Å². The molecule has 1 saturated heterocycles. The topological polar surface area (TPSA) is 50.1 Å². The maximum Gasteiger partial charge on any atom is 0.320 e. The Hall–Kier alpha value is -1.92. The van der Waals surface area contributed by atoms with E-state index in [1.54, 1.807) is 0 Å². The van der Waals surface area contributed by atoms with Crippen LogP contribution in [0.5, 0.6) is 0 Å². The summed E-state index contributed by atoms with van der Waals surface area (Å²) in [5, 5.41) is 0. The van der Waals surface area contributed by atoms with Gasteiger partial charge in [-0.1, -0.05) is 6.07 Å². The Labute approximate surface area is 136 Å². The lowest BCUT2D eigenvalue weighted by molar-refractivity contribution is -0.149. The number of fused-ring (bicyclic) bond motifs is 1. The normalized spacial score (nSPS) is 17.0. The van der Waals surface area contributed by atoms with Crippen LogP contribution in [0.4, 0.5) is 0 Å². The second-order valence-electron chi connectivity index (χ2n) is 6.29. The minimum atomic E-state index is -0.131. The van der Waals surface area contributed by atoms with Crippen LogP contribution in [0.25, 0.3) is 5.65 Å². The molecule has 2 aromatic heterocycles. The van der Waals surface area contributed by atoms with Gasteiger partial charge in [-0.3, -0.25) is 14.6 Å². The quantitative estimate of drug-likeness (QED) is 0.781. The van der Waals surface area contributed by atoms with Crippen LogP contribution in [0.2, 0.25) is 0 Å². The van der Waals surface area contributed by atoms with E-state index >= 15 is 0 Å². The van der Waals surface area contributed by atoms with E-state index < -0.39 is 0 Å². The number of hydrogen-bond donors (Lipinski definition) is 0. The second kappa shape index (κ2) is 7.10. The average Bonchev–Trinajstić information content (AvgIpc) is 2.90. The predicted molar refractivity (Wildman–Crippen MR) is 88.1 cm³/mol. The summed E-state index contributed by atoms with van der Waals surface area (Å²) in [6.07, 6.45) is 4.06. The number of nitrogens with zero attached hydrogens (tertiary/aromatic N) is 4. The fraction of sp³-hybridized carbons (Fsp3) is 0.529. The first-order valence-electron chi connectivity index (χ1n) is 8.17. The third-order valence-corrected chi connectivity index (χ3v) is 3.98. The molecular formula is C17H24N4O2. The number of hydrogen-bond acceptors (Lipinski definition) is 5. The molecule has 1 fully saturated rings. The molecule has 0 radical (unpaired) electrons. The molecule has 0 spiro atoms. The molecule has 2 aromatic rings. The van der Waals surface area contributed by atoms with Crippen LogP contribution in [-0.4, -0.2) is 64.0 Å². The average molecular weight is 316 g/mol. The number of esters is 1. The van der Waals surface area contributed by atoms with Crippen molar-refractivity contribution in [3.05, 3.63) is 36.3 Å². The number of carbonyl (C=O) groups excluding carboxylic acids is 1. The molecular weight excluding hydrogens is 292 g/mol. The SMILES string of the molecule is CC(C)OC(=O)CN1CCN(Cc2cn3ccccc3n2)CC1. The van der Waals surface area contributed by atoms with Gasteiger partial charge in [0.25, 0.3) is 0 Å². The van der Waals surface area contributed by atoms with Crippen LogP contribution in [0.3, 0.4) is 0 Å². The van der Waals surface area contributed by atoms with Crippen molar-refractivity contribution >= 4 is 11.6 Å². The van der Waals surface area contributed by atoms with Crippen molar-refractivity contribution in [2.75, 3.05) is 32.7 Å². The molecule has 124 valence electrons. The maximum absolute atomic E-state index is 11.7. The number of piperazine rings is 1. The summed E-state index contributed by atoms with van der Waals surface area (Å²) in [6, 6.07) is 6.02. The maximum atomic E-state index is 11.7. The molecule has 3 heterocycles. The van der Waals surface area contributed by atoms with E-state index in [9.17, 15) is 4.79 Å². The number of carbonyl (C=O) groups is 1. The van der Waals surface area contributed by atoms with Crippen molar-refractivity contribution in [1.29, 1.82) is 0 Å². The number of imidazole rings is 1. The van der Waals surface area contributed by atoms with Gasteiger partial charge in [0, 0.05) is 45.1 Å². The van der Waals surface area contributed by atoms with Crippen molar-refractivity contribution in [3.8, 4) is 0 Å². The molecule has 23 heavy (non-hydrogen) atoms. The zero-order chi connectivity index (χ0) is 16.2. The molecule has 0 aromatic carbocycles. The first-order valence-corrected chi connectivity index (χ1v) is 8.17. The zero-order valence-corrected chi connectivity index (χ0v) is 13.8. The lowest BCUT2D eigenvalue weighted by atomic mass is 10.3. The molecule has 6 heteroatoms. The van der Waals surface area contributed by atoms with E-state index in [0.717, 1.165) is 44.1 Å². The molecule has 6 nitrogen and oxygen atoms in total. The van der Waals surface area contributed by atoms with Crippen molar-refractivity contribution in [2.45, 2.75) is 26.5 Å². The van der Waals surface area contributed by atoms with E-state index in [2.05, 4.69) is 21.0 Å². The first-order chi connectivity index (χ1) is 11.1. The van der Waals surface area contributed by atoms with Gasteiger partial charge in [-0.15, -0.1) is 0 Å². The highest BCUT2D eigenvalue weighted by Crippen LogP contribution is 2.10. The number of ether oxygens (including phenoxy) is 1. The fourth-order valence-corrected chi connectivity index (χ4v) is 2.88. The summed E-state index contributed by atoms with van der Waals surface area (Å²) in [4.78, 5) is 20.9. The molecule has 3 rings (SSSR count). The lowest BCUT2D eigenvalue weighted by Crippen LogP contribution is -2.47. The fourth-order valence-electron chi connectivity index (χ4n) is 2.88. The van der Waals surface area contributed by atoms with Gasteiger partial charge < -0.3 is 9.14 Å². The van der Waals surface area contributed by atoms with Crippen molar-refractivity contribution in [3.63, 3.8) is 0 Å². The van der Waals surface area contributed by atoms with E-state index in [-0.39, 0.29) is 12.1 Å². The summed E-state index contributed by atoms with van der Waals surface area (Å²) in [5.74, 6) is -0.131. The Kier molecular flexibility index (Phi) is 4.93. The summed E-state index contributed by atoms with van der Waals surface area (Å²) < 4.78 is 7.25. The molecule has 0 atom stereocenters. The summed E-state index contributed by atoms with van der Waals surface area (Å²) in [6.45, 7) is 8.68. The lowest BCUT2D eigenvalue weighted by Gasteiger charge is -2.33. The van der Waals surface area contributed by atoms with Gasteiger partial charge in [0.05, 0.1) is 18.3 Å². The Bertz CT molecular complexity index is 626. The van der Waals surface area contributed by atoms with Crippen molar-refractivity contribution in [2.24, 2.45) is 0 Å². The predicted octanol–water partition coefficient (Wildman–Crippen LogP) is 1.40. The van der Waals surface area contributed by atoms with Crippen LogP contribution in [0.15, 0.2) is 30.6 Å². The highest BCUT2D eigenvalue weighted by Gasteiger charge is 2.20. The van der Waals surface area contributed by atoms with Gasteiger partial charge in [0.2, 0.25) is 0 Å². The van der Waals surface area contributed by atoms with Crippen molar-refractivity contribution in [1.82, 2.24) is 19.2 Å². The van der Waals surface area contributed by atoms with E-state index in [0.29, 0.717) is 6.54 Å².